The van der Waals surface area contributed by atoms with Gasteiger partial charge < -0.3 is 25.0 Å². The van der Waals surface area contributed by atoms with E-state index in [-0.39, 0.29) is 31.3 Å². The van der Waals surface area contributed by atoms with E-state index in [1.165, 1.54) is 12.1 Å². The number of ether oxygens (including phenoxy) is 2. The molecule has 0 saturated carbocycles. The Kier molecular flexibility index (Phi) is 12.2. The number of hydrazine groups is 1. The molecular weight excluding hydrogens is 594 g/mol. The predicted molar refractivity (Wildman–Crippen MR) is 167 cm³/mol. The first-order chi connectivity index (χ1) is 22.2. The summed E-state index contributed by atoms with van der Waals surface area (Å²) in [5.41, 5.74) is 4.84. The molecule has 5 N–H and O–H groups in total. The molecule has 0 spiro atoms. The molecule has 14 nitrogen and oxygen atoms in total. The van der Waals surface area contributed by atoms with Crippen molar-refractivity contribution in [3.05, 3.63) is 102 Å². The van der Waals surface area contributed by atoms with Crippen molar-refractivity contribution in [2.75, 3.05) is 38.0 Å². The van der Waals surface area contributed by atoms with Gasteiger partial charge in [-0.25, -0.2) is 9.80 Å². The molecule has 1 aliphatic rings. The number of hydrogen-bond donors (Lipinski definition) is 5. The van der Waals surface area contributed by atoms with E-state index in [9.17, 15) is 24.0 Å². The number of piperazine rings is 1. The van der Waals surface area contributed by atoms with Crippen molar-refractivity contribution >= 4 is 41.4 Å². The number of nitrogens with zero attached hydrogens (tertiary/aromatic N) is 2. The van der Waals surface area contributed by atoms with Crippen LogP contribution in [0.25, 0.3) is 0 Å². The van der Waals surface area contributed by atoms with Gasteiger partial charge in [0.15, 0.2) is 0 Å². The van der Waals surface area contributed by atoms with E-state index in [0.29, 0.717) is 31.9 Å². The molecule has 0 atom stereocenters. The van der Waals surface area contributed by atoms with Gasteiger partial charge >= 0.3 is 12.1 Å². The molecule has 4 amide bonds. The molecule has 0 bridgehead atoms. The van der Waals surface area contributed by atoms with Crippen LogP contribution in [0, 0.1) is 5.41 Å². The number of nitrogens with one attached hydrogen (secondary N) is 5. The van der Waals surface area contributed by atoms with Crippen LogP contribution < -0.4 is 21.4 Å². The van der Waals surface area contributed by atoms with Gasteiger partial charge in [-0.2, -0.15) is 0 Å². The number of rotatable bonds is 11. The fourth-order valence-electron chi connectivity index (χ4n) is 4.33. The first-order valence-electron chi connectivity index (χ1n) is 14.5. The second-order valence-electron chi connectivity index (χ2n) is 10.2. The number of amides is 4. The molecule has 46 heavy (non-hydrogen) atoms. The smallest absolute Gasteiger partial charge is 0.414 e. The van der Waals surface area contributed by atoms with Crippen molar-refractivity contribution in [1.82, 2.24) is 26.0 Å². The zero-order valence-electron chi connectivity index (χ0n) is 25.0. The fraction of sp³-hybridized carbons (Fsp3) is 0.250. The molecule has 0 aliphatic carbocycles. The van der Waals surface area contributed by atoms with Crippen LogP contribution in [0.1, 0.15) is 27.9 Å². The first kappa shape index (κ1) is 33.1. The third-order valence-electron chi connectivity index (χ3n) is 6.68. The van der Waals surface area contributed by atoms with Gasteiger partial charge in [-0.15, -0.1) is 0 Å². The van der Waals surface area contributed by atoms with Crippen molar-refractivity contribution < 1.29 is 33.4 Å². The molecule has 240 valence electrons. The molecule has 0 radical (unpaired) electrons. The summed E-state index contributed by atoms with van der Waals surface area (Å²) in [6.45, 7) is 1.27. The average molecular weight is 630 g/mol. The van der Waals surface area contributed by atoms with Crippen molar-refractivity contribution in [3.63, 3.8) is 0 Å². The Hall–Kier alpha value is -5.76. The summed E-state index contributed by atoms with van der Waals surface area (Å²) in [7, 11) is 0. The highest BCUT2D eigenvalue weighted by Crippen LogP contribution is 2.11. The van der Waals surface area contributed by atoms with E-state index >= 15 is 0 Å². The molecule has 1 saturated heterocycles. The highest BCUT2D eigenvalue weighted by atomic mass is 16.5. The Bertz CT molecular complexity index is 1530. The van der Waals surface area contributed by atoms with E-state index in [2.05, 4.69) is 21.4 Å². The van der Waals surface area contributed by atoms with Gasteiger partial charge in [0.25, 0.3) is 5.91 Å². The number of carbonyl (C=O) groups is 5. The maximum Gasteiger partial charge on any atom is 0.414 e. The zero-order valence-corrected chi connectivity index (χ0v) is 25.0. The summed E-state index contributed by atoms with van der Waals surface area (Å²) in [4.78, 5) is 63.2. The number of carbonyl (C=O) groups excluding carboxylic acids is 5. The zero-order chi connectivity index (χ0) is 32.7. The normalized spacial score (nSPS) is 12.7. The van der Waals surface area contributed by atoms with Crippen molar-refractivity contribution in [2.45, 2.75) is 19.6 Å². The van der Waals surface area contributed by atoms with Gasteiger partial charge in [0.1, 0.15) is 26.2 Å². The van der Waals surface area contributed by atoms with E-state index in [4.69, 9.17) is 14.9 Å². The maximum atomic E-state index is 12.5. The average Bonchev–Trinajstić information content (AvgIpc) is 3.06. The summed E-state index contributed by atoms with van der Waals surface area (Å²) in [5, 5.41) is 17.2. The minimum Gasteiger partial charge on any atom is -0.460 e. The summed E-state index contributed by atoms with van der Waals surface area (Å²) in [5.74, 6) is -2.35. The van der Waals surface area contributed by atoms with Crippen LogP contribution in [0.15, 0.2) is 84.9 Å². The topological polar surface area (TPSA) is 182 Å². The fourth-order valence-corrected chi connectivity index (χ4v) is 4.33. The molecule has 1 aliphatic heterocycles. The van der Waals surface area contributed by atoms with Gasteiger partial charge in [0.05, 0.1) is 0 Å². The molecular formula is C32H35N7O7. The van der Waals surface area contributed by atoms with Crippen LogP contribution >= 0.6 is 0 Å². The lowest BCUT2D eigenvalue weighted by atomic mass is 10.2. The highest BCUT2D eigenvalue weighted by molar-refractivity contribution is 6.04. The highest BCUT2D eigenvalue weighted by Gasteiger charge is 2.22. The molecule has 0 aromatic heterocycles. The summed E-state index contributed by atoms with van der Waals surface area (Å²) >= 11 is 0. The van der Waals surface area contributed by atoms with Gasteiger partial charge in [-0.1, -0.05) is 66.7 Å². The summed E-state index contributed by atoms with van der Waals surface area (Å²) in [6, 6.07) is 24.4. The molecule has 1 heterocycles. The number of esters is 1. The maximum absolute atomic E-state index is 12.5. The molecule has 4 rings (SSSR count). The molecule has 14 heteroatoms. The van der Waals surface area contributed by atoms with Crippen LogP contribution in [0.2, 0.25) is 0 Å². The largest absolute Gasteiger partial charge is 0.460 e. The van der Waals surface area contributed by atoms with Gasteiger partial charge in [0, 0.05) is 37.4 Å². The Morgan fingerprint density at radius 3 is 2.02 bits per heavy atom. The first-order valence-corrected chi connectivity index (χ1v) is 14.5. The standard InChI is InChI=1S/C32H35N7O7/c33-31(36-32(44)46-22-24-10-5-2-6-11-24)38-14-16-39(17-15-38)37-28(41)19-27(40)35-26-13-7-12-25(18-26)30(43)34-20-29(42)45-21-23-8-3-1-4-9-23/h1-13,18H,14-17,19-22H2,(H,34,43)(H,35,40)(H,37,41)(H2,33,36,44). The second-order valence-corrected chi connectivity index (χ2v) is 10.2. The SMILES string of the molecule is N=C(NC(=O)OCc1ccccc1)N1CCN(NC(=O)CC(=O)Nc2cccc(C(=O)NCC(=O)OCc3ccccc3)c2)CC1. The van der Waals surface area contributed by atoms with Gasteiger partial charge in [-0.3, -0.25) is 35.3 Å². The Morgan fingerprint density at radius 2 is 1.37 bits per heavy atom. The van der Waals surface area contributed by atoms with Crippen LogP contribution in [-0.4, -0.2) is 78.4 Å². The minimum atomic E-state index is -0.735. The van der Waals surface area contributed by atoms with Crippen LogP contribution in [-0.2, 0) is 37.1 Å². The lowest BCUT2D eigenvalue weighted by molar-refractivity contribution is -0.143. The van der Waals surface area contributed by atoms with Crippen LogP contribution in [0.5, 0.6) is 0 Å². The second kappa shape index (κ2) is 16.9. The lowest BCUT2D eigenvalue weighted by Crippen LogP contribution is -2.57. The van der Waals surface area contributed by atoms with Crippen LogP contribution in [0.3, 0.4) is 0 Å². The molecule has 0 unspecified atom stereocenters. The number of guanidine groups is 1. The van der Waals surface area contributed by atoms with Crippen molar-refractivity contribution in [2.24, 2.45) is 0 Å². The Morgan fingerprint density at radius 1 is 0.739 bits per heavy atom. The number of alkyl carbamates (subject to hydrolysis) is 1. The third-order valence-corrected chi connectivity index (χ3v) is 6.68. The number of hydrogen-bond acceptors (Lipinski definition) is 9. The molecule has 1 fully saturated rings. The number of anilines is 1. The molecule has 3 aromatic rings. The quantitative estimate of drug-likeness (QED) is 0.0917. The van der Waals surface area contributed by atoms with E-state index in [1.54, 1.807) is 22.0 Å². The number of benzene rings is 3. The van der Waals surface area contributed by atoms with Crippen LogP contribution in [0.4, 0.5) is 10.5 Å². The van der Waals surface area contributed by atoms with Gasteiger partial charge in [0.2, 0.25) is 17.8 Å². The Balaban J connectivity index is 1.12. The van der Waals surface area contributed by atoms with Crippen molar-refractivity contribution in [3.8, 4) is 0 Å². The minimum absolute atomic E-state index is 0.0853. The predicted octanol–water partition coefficient (Wildman–Crippen LogP) is 2.00. The van der Waals surface area contributed by atoms with E-state index in [1.807, 2.05) is 60.7 Å². The lowest BCUT2D eigenvalue weighted by Gasteiger charge is -2.35. The van der Waals surface area contributed by atoms with Gasteiger partial charge in [-0.05, 0) is 29.3 Å². The third kappa shape index (κ3) is 11.1. The van der Waals surface area contributed by atoms with E-state index < -0.39 is 36.2 Å². The Labute approximate surface area is 265 Å². The summed E-state index contributed by atoms with van der Waals surface area (Å²) in [6.07, 6.45) is -1.20. The van der Waals surface area contributed by atoms with E-state index in [0.717, 1.165) is 11.1 Å². The molecule has 3 aromatic carbocycles. The summed E-state index contributed by atoms with van der Waals surface area (Å²) < 4.78 is 10.3. The van der Waals surface area contributed by atoms with Crippen molar-refractivity contribution in [1.29, 1.82) is 5.41 Å². The monoisotopic (exact) mass is 629 g/mol.